The quantitative estimate of drug-likeness (QED) is 0.652. The van der Waals surface area contributed by atoms with Gasteiger partial charge in [0.25, 0.3) is 0 Å². The van der Waals surface area contributed by atoms with Crippen LogP contribution in [0.25, 0.3) is 11.4 Å². The van der Waals surface area contributed by atoms with Crippen molar-refractivity contribution in [3.63, 3.8) is 0 Å². The third kappa shape index (κ3) is 5.81. The van der Waals surface area contributed by atoms with Gasteiger partial charge in [-0.25, -0.2) is 0 Å². The van der Waals surface area contributed by atoms with E-state index in [-0.39, 0.29) is 5.78 Å². The van der Waals surface area contributed by atoms with Crippen molar-refractivity contribution in [2.45, 2.75) is 13.3 Å². The molecule has 2 nitrogen and oxygen atoms in total. The predicted molar refractivity (Wildman–Crippen MR) is 63.9 cm³/mol. The SMILES string of the molecule is CC(=O)CC[N-]CC=Cc1ccccc1. The van der Waals surface area contributed by atoms with Gasteiger partial charge in [0.2, 0.25) is 0 Å². The van der Waals surface area contributed by atoms with Crippen LogP contribution in [-0.2, 0) is 4.79 Å². The van der Waals surface area contributed by atoms with Crippen LogP contribution < -0.4 is 0 Å². The smallest absolute Gasteiger partial charge is 0.128 e. The van der Waals surface area contributed by atoms with Gasteiger partial charge in [0, 0.05) is 0 Å². The van der Waals surface area contributed by atoms with Gasteiger partial charge in [-0.1, -0.05) is 36.4 Å². The molecule has 1 rings (SSSR count). The van der Waals surface area contributed by atoms with Crippen LogP contribution in [0.3, 0.4) is 0 Å². The Hall–Kier alpha value is -1.41. The molecule has 80 valence electrons. The molecule has 0 saturated heterocycles. The fraction of sp³-hybridized carbons (Fsp3) is 0.308. The van der Waals surface area contributed by atoms with E-state index in [0.717, 1.165) is 0 Å². The molecule has 0 fully saturated rings. The minimum absolute atomic E-state index is 0.200. The summed E-state index contributed by atoms with van der Waals surface area (Å²) in [6.07, 6.45) is 4.60. The summed E-state index contributed by atoms with van der Waals surface area (Å²) >= 11 is 0. The first-order chi connectivity index (χ1) is 7.29. The molecule has 0 aliphatic rings. The number of carbonyl (C=O) groups is 1. The highest BCUT2D eigenvalue weighted by Gasteiger charge is 1.83. The molecular formula is C13H16NO-. The van der Waals surface area contributed by atoms with Crippen LogP contribution in [-0.4, -0.2) is 18.9 Å². The maximum Gasteiger partial charge on any atom is 0.128 e. The fourth-order valence-corrected chi connectivity index (χ4v) is 1.16. The van der Waals surface area contributed by atoms with Crippen molar-refractivity contribution in [2.75, 3.05) is 13.1 Å². The monoisotopic (exact) mass is 202 g/mol. The summed E-state index contributed by atoms with van der Waals surface area (Å²) in [6, 6.07) is 10.1. The van der Waals surface area contributed by atoms with E-state index in [4.69, 9.17) is 0 Å². The predicted octanol–water partition coefficient (Wildman–Crippen LogP) is 3.05. The highest BCUT2D eigenvalue weighted by Crippen LogP contribution is 2.01. The summed E-state index contributed by atoms with van der Waals surface area (Å²) < 4.78 is 0. The molecule has 0 radical (unpaired) electrons. The third-order valence-electron chi connectivity index (χ3n) is 1.97. The molecule has 0 amide bonds. The Morgan fingerprint density at radius 1 is 1.33 bits per heavy atom. The molecule has 0 aliphatic carbocycles. The highest BCUT2D eigenvalue weighted by molar-refractivity contribution is 5.75. The largest absolute Gasteiger partial charge is 0.659 e. The van der Waals surface area contributed by atoms with Crippen LogP contribution in [0.5, 0.6) is 0 Å². The van der Waals surface area contributed by atoms with Gasteiger partial charge >= 0.3 is 0 Å². The summed E-state index contributed by atoms with van der Waals surface area (Å²) in [5, 5.41) is 4.22. The van der Waals surface area contributed by atoms with Gasteiger partial charge in [-0.3, -0.25) is 0 Å². The molecule has 0 unspecified atom stereocenters. The van der Waals surface area contributed by atoms with E-state index in [0.29, 0.717) is 19.5 Å². The molecule has 0 aromatic heterocycles. The minimum Gasteiger partial charge on any atom is -0.659 e. The molecule has 0 atom stereocenters. The molecule has 0 aliphatic heterocycles. The van der Waals surface area contributed by atoms with E-state index >= 15 is 0 Å². The zero-order valence-electron chi connectivity index (χ0n) is 9.02. The van der Waals surface area contributed by atoms with E-state index in [2.05, 4.69) is 5.32 Å². The standard InChI is InChI=1S/C13H16NO/c1-12(15)9-11-14-10-5-8-13-6-3-2-4-7-13/h2-8H,9-11H2,1H3/q-1. The van der Waals surface area contributed by atoms with Crippen LogP contribution >= 0.6 is 0 Å². The summed E-state index contributed by atoms with van der Waals surface area (Å²) in [5.74, 6) is 0.200. The van der Waals surface area contributed by atoms with Crippen molar-refractivity contribution < 1.29 is 4.79 Å². The van der Waals surface area contributed by atoms with Crippen LogP contribution in [0.1, 0.15) is 18.9 Å². The zero-order chi connectivity index (χ0) is 10.9. The highest BCUT2D eigenvalue weighted by atomic mass is 16.1. The molecule has 2 heteroatoms. The summed E-state index contributed by atoms with van der Waals surface area (Å²) in [6.45, 7) is 2.91. The first-order valence-electron chi connectivity index (χ1n) is 5.13. The van der Waals surface area contributed by atoms with E-state index in [9.17, 15) is 4.79 Å². The van der Waals surface area contributed by atoms with E-state index < -0.39 is 0 Å². The van der Waals surface area contributed by atoms with Gasteiger partial charge in [0.15, 0.2) is 0 Å². The zero-order valence-corrected chi connectivity index (χ0v) is 9.02. The molecule has 15 heavy (non-hydrogen) atoms. The van der Waals surface area contributed by atoms with E-state index in [1.165, 1.54) is 5.56 Å². The molecule has 0 N–H and O–H groups in total. The van der Waals surface area contributed by atoms with Gasteiger partial charge < -0.3 is 10.1 Å². The van der Waals surface area contributed by atoms with Crippen molar-refractivity contribution in [3.8, 4) is 0 Å². The van der Waals surface area contributed by atoms with Gasteiger partial charge in [-0.15, -0.1) is 19.2 Å². The second-order valence-corrected chi connectivity index (χ2v) is 3.39. The van der Waals surface area contributed by atoms with Crippen molar-refractivity contribution >= 4 is 11.9 Å². The molecule has 1 aromatic carbocycles. The number of hydrogen-bond acceptors (Lipinski definition) is 1. The Balaban J connectivity index is 2.15. The lowest BCUT2D eigenvalue weighted by molar-refractivity contribution is -0.116. The molecule has 0 saturated carbocycles. The van der Waals surface area contributed by atoms with Crippen molar-refractivity contribution in [2.24, 2.45) is 0 Å². The number of benzene rings is 1. The van der Waals surface area contributed by atoms with Gasteiger partial charge in [0.05, 0.1) is 0 Å². The lowest BCUT2D eigenvalue weighted by Crippen LogP contribution is -1.94. The van der Waals surface area contributed by atoms with Crippen LogP contribution in [0, 0.1) is 0 Å². The number of carbonyl (C=O) groups excluding carboxylic acids is 1. The fourth-order valence-electron chi connectivity index (χ4n) is 1.16. The summed E-state index contributed by atoms with van der Waals surface area (Å²) in [5.41, 5.74) is 1.18. The minimum atomic E-state index is 0.200. The van der Waals surface area contributed by atoms with E-state index in [1.54, 1.807) is 6.92 Å². The number of rotatable bonds is 6. The Morgan fingerprint density at radius 2 is 2.07 bits per heavy atom. The lowest BCUT2D eigenvalue weighted by atomic mass is 10.2. The normalized spacial score (nSPS) is 10.7. The van der Waals surface area contributed by atoms with Crippen LogP contribution in [0.15, 0.2) is 36.4 Å². The third-order valence-corrected chi connectivity index (χ3v) is 1.97. The maximum absolute atomic E-state index is 10.6. The molecule has 0 spiro atoms. The van der Waals surface area contributed by atoms with Gasteiger partial charge in [0.1, 0.15) is 5.78 Å². The average molecular weight is 202 g/mol. The topological polar surface area (TPSA) is 31.2 Å². The Labute approximate surface area is 91.0 Å². The van der Waals surface area contributed by atoms with Crippen molar-refractivity contribution in [1.82, 2.24) is 0 Å². The van der Waals surface area contributed by atoms with Crippen molar-refractivity contribution in [3.05, 3.63) is 47.3 Å². The first-order valence-corrected chi connectivity index (χ1v) is 5.13. The van der Waals surface area contributed by atoms with Crippen LogP contribution in [0.4, 0.5) is 0 Å². The van der Waals surface area contributed by atoms with Crippen LogP contribution in [0.2, 0.25) is 0 Å². The molecule has 0 heterocycles. The lowest BCUT2D eigenvalue weighted by Gasteiger charge is -2.14. The second kappa shape index (κ2) is 6.96. The first kappa shape index (κ1) is 11.7. The Bertz CT molecular complexity index is 317. The molecule has 1 aromatic rings. The summed E-state index contributed by atoms with van der Waals surface area (Å²) in [4.78, 5) is 10.6. The average Bonchev–Trinajstić information content (AvgIpc) is 2.24. The van der Waals surface area contributed by atoms with Gasteiger partial charge in [-0.2, -0.15) is 0 Å². The van der Waals surface area contributed by atoms with Gasteiger partial charge in [-0.05, 0) is 18.9 Å². The molecule has 0 bridgehead atoms. The maximum atomic E-state index is 10.6. The number of hydrogen-bond donors (Lipinski definition) is 0. The number of nitrogens with zero attached hydrogens (tertiary/aromatic N) is 1. The summed E-state index contributed by atoms with van der Waals surface area (Å²) in [7, 11) is 0. The second-order valence-electron chi connectivity index (χ2n) is 3.39. The Morgan fingerprint density at radius 3 is 2.73 bits per heavy atom. The Kier molecular flexibility index (Phi) is 5.41. The number of ketones is 1. The number of Topliss-reactive ketones (excluding diaryl/α,β-unsaturated/α-hetero) is 1. The van der Waals surface area contributed by atoms with Crippen molar-refractivity contribution in [1.29, 1.82) is 0 Å². The molecular weight excluding hydrogens is 186 g/mol. The van der Waals surface area contributed by atoms with E-state index in [1.807, 2.05) is 42.5 Å².